The standard InChI is InChI=1S/C24H22ClFN6O4/c1-5-20(33)28-18-11-17(15(26)10-19(18)36-4)30-24-27-12-14(25)22(31-24)29-16-9-7-6-8-13(16)21(34)23(35)32(2)3/h5-12H,1H2,2-4H3,(H,28,33)(H2,27,29,30,31). The van der Waals surface area contributed by atoms with Crippen LogP contribution in [0.5, 0.6) is 5.75 Å². The van der Waals surface area contributed by atoms with Gasteiger partial charge in [-0.1, -0.05) is 30.3 Å². The van der Waals surface area contributed by atoms with Crippen molar-refractivity contribution in [3.8, 4) is 5.75 Å². The number of nitrogens with one attached hydrogen (secondary N) is 3. The average Bonchev–Trinajstić information content (AvgIpc) is 2.86. The monoisotopic (exact) mass is 512 g/mol. The molecule has 0 radical (unpaired) electrons. The van der Waals surface area contributed by atoms with Crippen LogP contribution in [0.2, 0.25) is 5.02 Å². The minimum absolute atomic E-state index is 0.0415. The summed E-state index contributed by atoms with van der Waals surface area (Å²) >= 11 is 6.24. The first-order valence-corrected chi connectivity index (χ1v) is 10.7. The second kappa shape index (κ2) is 11.3. The van der Waals surface area contributed by atoms with E-state index < -0.39 is 23.4 Å². The molecule has 36 heavy (non-hydrogen) atoms. The molecule has 0 aliphatic heterocycles. The summed E-state index contributed by atoms with van der Waals surface area (Å²) in [6.45, 7) is 3.38. The summed E-state index contributed by atoms with van der Waals surface area (Å²) in [6.07, 6.45) is 2.33. The molecule has 3 rings (SSSR count). The topological polar surface area (TPSA) is 126 Å². The lowest BCUT2D eigenvalue weighted by Gasteiger charge is -2.15. The van der Waals surface area contributed by atoms with Crippen molar-refractivity contribution in [2.24, 2.45) is 0 Å². The quantitative estimate of drug-likeness (QED) is 0.222. The molecule has 3 aromatic rings. The van der Waals surface area contributed by atoms with E-state index in [9.17, 15) is 18.8 Å². The number of carbonyl (C=O) groups is 3. The van der Waals surface area contributed by atoms with Gasteiger partial charge in [-0.05, 0) is 24.3 Å². The highest BCUT2D eigenvalue weighted by atomic mass is 35.5. The number of para-hydroxylation sites is 1. The number of benzene rings is 2. The van der Waals surface area contributed by atoms with Crippen LogP contribution in [-0.2, 0) is 9.59 Å². The van der Waals surface area contributed by atoms with Crippen molar-refractivity contribution in [1.82, 2.24) is 14.9 Å². The van der Waals surface area contributed by atoms with E-state index in [1.54, 1.807) is 18.2 Å². The van der Waals surface area contributed by atoms with Crippen LogP contribution in [0.15, 0.2) is 55.3 Å². The summed E-state index contributed by atoms with van der Waals surface area (Å²) in [7, 11) is 4.28. The van der Waals surface area contributed by atoms with Crippen LogP contribution in [0.3, 0.4) is 0 Å². The van der Waals surface area contributed by atoms with E-state index >= 15 is 0 Å². The lowest BCUT2D eigenvalue weighted by atomic mass is 10.1. The second-order valence-electron chi connectivity index (χ2n) is 7.44. The van der Waals surface area contributed by atoms with Gasteiger partial charge in [0.1, 0.15) is 10.8 Å². The van der Waals surface area contributed by atoms with E-state index in [0.717, 1.165) is 12.1 Å². The van der Waals surface area contributed by atoms with Gasteiger partial charge in [0.05, 0.1) is 35.9 Å². The normalized spacial score (nSPS) is 10.2. The summed E-state index contributed by atoms with van der Waals surface area (Å²) in [6, 6.07) is 8.75. The number of ether oxygens (including phenoxy) is 1. The Morgan fingerprint density at radius 3 is 2.50 bits per heavy atom. The number of rotatable bonds is 9. The maximum atomic E-state index is 14.7. The fourth-order valence-corrected chi connectivity index (χ4v) is 3.11. The summed E-state index contributed by atoms with van der Waals surface area (Å²) in [5, 5.41) is 8.28. The smallest absolute Gasteiger partial charge is 0.294 e. The number of amides is 2. The number of anilines is 5. The molecular weight excluding hydrogens is 491 g/mol. The number of Topliss-reactive ketones (excluding diaryl/α,β-unsaturated/α-hetero) is 1. The van der Waals surface area contributed by atoms with Crippen molar-refractivity contribution in [3.05, 3.63) is 71.7 Å². The zero-order valence-corrected chi connectivity index (χ0v) is 20.3. The molecule has 0 spiro atoms. The number of hydrogen-bond acceptors (Lipinski definition) is 8. The van der Waals surface area contributed by atoms with E-state index in [4.69, 9.17) is 16.3 Å². The van der Waals surface area contributed by atoms with Gasteiger partial charge in [-0.2, -0.15) is 4.98 Å². The van der Waals surface area contributed by atoms with Crippen molar-refractivity contribution in [1.29, 1.82) is 0 Å². The third kappa shape index (κ3) is 5.94. The highest BCUT2D eigenvalue weighted by Gasteiger charge is 2.22. The molecule has 0 fully saturated rings. The molecule has 0 atom stereocenters. The molecule has 3 N–H and O–H groups in total. The maximum absolute atomic E-state index is 14.7. The predicted octanol–water partition coefficient (Wildman–Crippen LogP) is 4.16. The fourth-order valence-electron chi connectivity index (χ4n) is 2.97. The SMILES string of the molecule is C=CC(=O)Nc1cc(Nc2ncc(Cl)c(Nc3ccccc3C(=O)C(=O)N(C)C)n2)c(F)cc1OC. The first-order chi connectivity index (χ1) is 17.1. The van der Waals surface area contributed by atoms with E-state index in [1.165, 1.54) is 44.4 Å². The Morgan fingerprint density at radius 1 is 1.11 bits per heavy atom. The van der Waals surface area contributed by atoms with Crippen LogP contribution in [0.4, 0.5) is 33.2 Å². The van der Waals surface area contributed by atoms with E-state index in [2.05, 4.69) is 32.5 Å². The molecule has 12 heteroatoms. The zero-order chi connectivity index (χ0) is 26.4. The number of aromatic nitrogens is 2. The van der Waals surface area contributed by atoms with Gasteiger partial charge in [-0.25, -0.2) is 9.37 Å². The Kier molecular flexibility index (Phi) is 8.18. The van der Waals surface area contributed by atoms with Gasteiger partial charge >= 0.3 is 0 Å². The highest BCUT2D eigenvalue weighted by Crippen LogP contribution is 2.33. The van der Waals surface area contributed by atoms with Crippen molar-refractivity contribution in [2.75, 3.05) is 37.2 Å². The Bertz CT molecular complexity index is 1350. The van der Waals surface area contributed by atoms with Crippen molar-refractivity contribution >= 4 is 58.0 Å². The maximum Gasteiger partial charge on any atom is 0.294 e. The van der Waals surface area contributed by atoms with E-state index in [-0.39, 0.29) is 45.2 Å². The minimum atomic E-state index is -0.721. The van der Waals surface area contributed by atoms with Crippen LogP contribution in [-0.4, -0.2) is 53.7 Å². The van der Waals surface area contributed by atoms with Crippen molar-refractivity contribution in [3.63, 3.8) is 0 Å². The van der Waals surface area contributed by atoms with Crippen LogP contribution < -0.4 is 20.7 Å². The molecular formula is C24H22ClFN6O4. The number of halogens is 2. The molecule has 10 nitrogen and oxygen atoms in total. The molecule has 2 amide bonds. The largest absolute Gasteiger partial charge is 0.494 e. The zero-order valence-electron chi connectivity index (χ0n) is 19.6. The lowest BCUT2D eigenvalue weighted by Crippen LogP contribution is -2.30. The van der Waals surface area contributed by atoms with Crippen molar-refractivity contribution < 1.29 is 23.5 Å². The molecule has 1 heterocycles. The summed E-state index contributed by atoms with van der Waals surface area (Å²) in [5.41, 5.74) is 0.533. The van der Waals surface area contributed by atoms with Crippen LogP contribution >= 0.6 is 11.6 Å². The Hall–Kier alpha value is -4.51. The number of likely N-dealkylation sites (N-methyl/N-ethyl adjacent to an activating group) is 1. The third-order valence-corrected chi connectivity index (χ3v) is 5.02. The molecule has 0 aliphatic carbocycles. The average molecular weight is 513 g/mol. The summed E-state index contributed by atoms with van der Waals surface area (Å²) in [5.74, 6) is -2.48. The molecule has 0 saturated carbocycles. The van der Waals surface area contributed by atoms with Crippen molar-refractivity contribution in [2.45, 2.75) is 0 Å². The number of hydrogen-bond donors (Lipinski definition) is 3. The number of carbonyl (C=O) groups excluding carboxylic acids is 3. The van der Waals surface area contributed by atoms with Gasteiger partial charge < -0.3 is 25.6 Å². The Morgan fingerprint density at radius 2 is 1.83 bits per heavy atom. The molecule has 0 bridgehead atoms. The number of nitrogens with zero attached hydrogens (tertiary/aromatic N) is 3. The molecule has 186 valence electrons. The van der Waals surface area contributed by atoms with Gasteiger partial charge in [-0.3, -0.25) is 14.4 Å². The van der Waals surface area contributed by atoms with Gasteiger partial charge in [0, 0.05) is 20.2 Å². The Labute approximate surface area is 211 Å². The predicted molar refractivity (Wildman–Crippen MR) is 135 cm³/mol. The number of ketones is 1. The molecule has 1 aromatic heterocycles. The first-order valence-electron chi connectivity index (χ1n) is 10.4. The molecule has 0 aliphatic rings. The molecule has 0 saturated heterocycles. The van der Waals surface area contributed by atoms with Crippen LogP contribution in [0, 0.1) is 5.82 Å². The second-order valence-corrected chi connectivity index (χ2v) is 7.85. The summed E-state index contributed by atoms with van der Waals surface area (Å²) in [4.78, 5) is 46.0. The van der Waals surface area contributed by atoms with E-state index in [1.807, 2.05) is 0 Å². The van der Waals surface area contributed by atoms with Gasteiger partial charge in [-0.15, -0.1) is 0 Å². The third-order valence-electron chi connectivity index (χ3n) is 4.75. The summed E-state index contributed by atoms with van der Waals surface area (Å²) < 4.78 is 19.8. The van der Waals surface area contributed by atoms with Crippen LogP contribution in [0.25, 0.3) is 0 Å². The molecule has 2 aromatic carbocycles. The first kappa shape index (κ1) is 26.1. The van der Waals surface area contributed by atoms with Crippen LogP contribution in [0.1, 0.15) is 10.4 Å². The lowest BCUT2D eigenvalue weighted by molar-refractivity contribution is -0.124. The van der Waals surface area contributed by atoms with E-state index in [0.29, 0.717) is 0 Å². The Balaban J connectivity index is 1.93. The fraction of sp³-hybridized carbons (Fsp3) is 0.125. The van der Waals surface area contributed by atoms with Gasteiger partial charge in [0.15, 0.2) is 11.6 Å². The number of methoxy groups -OCH3 is 1. The highest BCUT2D eigenvalue weighted by molar-refractivity contribution is 6.43. The minimum Gasteiger partial charge on any atom is -0.494 e. The van der Waals surface area contributed by atoms with Gasteiger partial charge in [0.25, 0.3) is 11.7 Å². The molecule has 0 unspecified atom stereocenters. The van der Waals surface area contributed by atoms with Gasteiger partial charge in [0.2, 0.25) is 11.9 Å².